The quantitative estimate of drug-likeness (QED) is 0.634. The Morgan fingerprint density at radius 1 is 1.50 bits per heavy atom. The van der Waals surface area contributed by atoms with Crippen molar-refractivity contribution in [3.05, 3.63) is 29.3 Å². The molecule has 0 heterocycles. The molecular weight excluding hydrogens is 222 g/mol. The second-order valence-corrected chi connectivity index (χ2v) is 4.31. The van der Waals surface area contributed by atoms with Gasteiger partial charge in [-0.05, 0) is 24.3 Å². The fourth-order valence-electron chi connectivity index (χ4n) is 1.34. The molecule has 0 radical (unpaired) electrons. The van der Waals surface area contributed by atoms with Crippen molar-refractivity contribution in [2.75, 3.05) is 18.6 Å². The van der Waals surface area contributed by atoms with Crippen molar-refractivity contribution in [1.82, 2.24) is 0 Å². The van der Waals surface area contributed by atoms with Crippen LogP contribution >= 0.6 is 11.8 Å². The van der Waals surface area contributed by atoms with Crippen molar-refractivity contribution >= 4 is 23.4 Å². The molecule has 0 amide bonds. The second kappa shape index (κ2) is 6.43. The number of nitrogens with two attached hydrogens (primary N) is 1. The van der Waals surface area contributed by atoms with E-state index in [4.69, 9.17) is 10.5 Å². The van der Waals surface area contributed by atoms with E-state index in [-0.39, 0.29) is 5.97 Å². The molecule has 1 aromatic carbocycles. The largest absolute Gasteiger partial charge is 0.462 e. The van der Waals surface area contributed by atoms with Gasteiger partial charge < -0.3 is 10.5 Å². The van der Waals surface area contributed by atoms with Crippen LogP contribution in [0.5, 0.6) is 0 Å². The van der Waals surface area contributed by atoms with Crippen molar-refractivity contribution < 1.29 is 9.53 Å². The Hall–Kier alpha value is -1.16. The smallest absolute Gasteiger partial charge is 0.340 e. The summed E-state index contributed by atoms with van der Waals surface area (Å²) in [4.78, 5) is 11.7. The van der Waals surface area contributed by atoms with Crippen LogP contribution in [0, 0.1) is 0 Å². The van der Waals surface area contributed by atoms with Gasteiger partial charge in [0.15, 0.2) is 0 Å². The van der Waals surface area contributed by atoms with E-state index in [2.05, 4.69) is 0 Å². The number of ether oxygens (including phenoxy) is 1. The zero-order valence-electron chi connectivity index (χ0n) is 9.66. The number of benzene rings is 1. The van der Waals surface area contributed by atoms with Crippen LogP contribution in [-0.2, 0) is 10.5 Å². The number of nitrogen functional groups attached to an aromatic ring is 1. The Morgan fingerprint density at radius 2 is 2.25 bits per heavy atom. The highest BCUT2D eigenvalue weighted by molar-refractivity contribution is 7.97. The Bertz CT molecular complexity index is 366. The standard InChI is InChI=1S/C12H17NO2S/c1-3-7-15-12(14)10-6-4-5-9(8-16-2)11(10)13/h4-6H,3,7-8,13H2,1-2H3. The first-order chi connectivity index (χ1) is 7.70. The fraction of sp³-hybridized carbons (Fsp3) is 0.417. The highest BCUT2D eigenvalue weighted by Crippen LogP contribution is 2.22. The third-order valence-electron chi connectivity index (χ3n) is 2.15. The first-order valence-electron chi connectivity index (χ1n) is 5.24. The summed E-state index contributed by atoms with van der Waals surface area (Å²) < 4.78 is 5.07. The first-order valence-corrected chi connectivity index (χ1v) is 6.63. The van der Waals surface area contributed by atoms with Gasteiger partial charge in [0, 0.05) is 5.75 Å². The van der Waals surface area contributed by atoms with Crippen LogP contribution in [0.3, 0.4) is 0 Å². The number of carbonyl (C=O) groups excluding carboxylic acids is 1. The maximum atomic E-state index is 11.7. The van der Waals surface area contributed by atoms with Crippen molar-refractivity contribution in [2.24, 2.45) is 0 Å². The minimum atomic E-state index is -0.331. The van der Waals surface area contributed by atoms with E-state index < -0.39 is 0 Å². The number of rotatable bonds is 5. The highest BCUT2D eigenvalue weighted by Gasteiger charge is 2.12. The highest BCUT2D eigenvalue weighted by atomic mass is 32.2. The molecule has 2 N–H and O–H groups in total. The number of esters is 1. The molecule has 0 saturated heterocycles. The van der Waals surface area contributed by atoms with E-state index in [9.17, 15) is 4.79 Å². The number of carbonyl (C=O) groups is 1. The van der Waals surface area contributed by atoms with Gasteiger partial charge in [0.25, 0.3) is 0 Å². The third-order valence-corrected chi connectivity index (χ3v) is 2.75. The second-order valence-electron chi connectivity index (χ2n) is 3.45. The van der Waals surface area contributed by atoms with Gasteiger partial charge in [0.2, 0.25) is 0 Å². The minimum Gasteiger partial charge on any atom is -0.462 e. The zero-order chi connectivity index (χ0) is 12.0. The predicted molar refractivity (Wildman–Crippen MR) is 68.6 cm³/mol. The van der Waals surface area contributed by atoms with Crippen molar-refractivity contribution in [1.29, 1.82) is 0 Å². The van der Waals surface area contributed by atoms with Gasteiger partial charge in [-0.1, -0.05) is 19.1 Å². The lowest BCUT2D eigenvalue weighted by molar-refractivity contribution is 0.0506. The van der Waals surface area contributed by atoms with E-state index in [1.54, 1.807) is 17.8 Å². The van der Waals surface area contributed by atoms with Crippen LogP contribution in [0.4, 0.5) is 5.69 Å². The fourth-order valence-corrected chi connectivity index (χ4v) is 1.91. The molecule has 0 aliphatic carbocycles. The first kappa shape index (κ1) is 12.9. The Kier molecular flexibility index (Phi) is 5.19. The van der Waals surface area contributed by atoms with Crippen molar-refractivity contribution in [3.8, 4) is 0 Å². The molecule has 0 atom stereocenters. The van der Waals surface area contributed by atoms with E-state index in [1.807, 2.05) is 25.3 Å². The van der Waals surface area contributed by atoms with Crippen LogP contribution in [-0.4, -0.2) is 18.8 Å². The molecular formula is C12H17NO2S. The summed E-state index contributed by atoms with van der Waals surface area (Å²) in [7, 11) is 0. The van der Waals surface area contributed by atoms with Gasteiger partial charge in [-0.25, -0.2) is 4.79 Å². The lowest BCUT2D eigenvalue weighted by atomic mass is 10.1. The van der Waals surface area contributed by atoms with Gasteiger partial charge in [0.1, 0.15) is 0 Å². The van der Waals surface area contributed by atoms with Gasteiger partial charge in [-0.2, -0.15) is 11.8 Å². The number of hydrogen-bond donors (Lipinski definition) is 1. The monoisotopic (exact) mass is 239 g/mol. The summed E-state index contributed by atoms with van der Waals surface area (Å²) >= 11 is 1.68. The average Bonchev–Trinajstić information content (AvgIpc) is 2.29. The molecule has 0 saturated carbocycles. The predicted octanol–water partition coefficient (Wildman–Crippen LogP) is 2.70. The van der Waals surface area contributed by atoms with Crippen LogP contribution in [0.15, 0.2) is 18.2 Å². The number of anilines is 1. The SMILES string of the molecule is CCCOC(=O)c1cccc(CSC)c1N. The molecule has 1 rings (SSSR count). The van der Waals surface area contributed by atoms with Gasteiger partial charge in [-0.3, -0.25) is 0 Å². The molecule has 0 aliphatic rings. The lowest BCUT2D eigenvalue weighted by Gasteiger charge is -2.09. The number of thioether (sulfide) groups is 1. The van der Waals surface area contributed by atoms with E-state index in [0.717, 1.165) is 17.7 Å². The molecule has 1 aromatic rings. The molecule has 0 unspecified atom stereocenters. The molecule has 0 fully saturated rings. The van der Waals surface area contributed by atoms with E-state index in [1.165, 1.54) is 0 Å². The summed E-state index contributed by atoms with van der Waals surface area (Å²) in [6, 6.07) is 5.48. The molecule has 0 aliphatic heterocycles. The van der Waals surface area contributed by atoms with Crippen molar-refractivity contribution in [2.45, 2.75) is 19.1 Å². The average molecular weight is 239 g/mol. The van der Waals surface area contributed by atoms with Crippen molar-refractivity contribution in [3.63, 3.8) is 0 Å². The molecule has 4 heteroatoms. The van der Waals surface area contributed by atoms with Gasteiger partial charge >= 0.3 is 5.97 Å². The Labute approximate surface area is 100 Å². The van der Waals surface area contributed by atoms with Crippen LogP contribution in [0.1, 0.15) is 29.3 Å². The third kappa shape index (κ3) is 3.17. The molecule has 3 nitrogen and oxygen atoms in total. The zero-order valence-corrected chi connectivity index (χ0v) is 10.5. The Morgan fingerprint density at radius 3 is 2.88 bits per heavy atom. The topological polar surface area (TPSA) is 52.3 Å². The molecule has 0 spiro atoms. The number of hydrogen-bond acceptors (Lipinski definition) is 4. The summed E-state index contributed by atoms with van der Waals surface area (Å²) in [6.07, 6.45) is 2.82. The maximum absolute atomic E-state index is 11.7. The molecule has 88 valence electrons. The van der Waals surface area contributed by atoms with Gasteiger partial charge in [-0.15, -0.1) is 0 Å². The Balaban J connectivity index is 2.87. The normalized spacial score (nSPS) is 10.1. The summed E-state index contributed by atoms with van der Waals surface area (Å²) in [5.74, 6) is 0.475. The summed E-state index contributed by atoms with van der Waals surface area (Å²) in [5.41, 5.74) is 7.92. The minimum absolute atomic E-state index is 0.331. The maximum Gasteiger partial charge on any atom is 0.340 e. The lowest BCUT2D eigenvalue weighted by Crippen LogP contribution is -2.10. The molecule has 16 heavy (non-hydrogen) atoms. The number of para-hydroxylation sites is 1. The molecule has 0 bridgehead atoms. The molecule has 0 aromatic heterocycles. The van der Waals surface area contributed by atoms with Gasteiger partial charge in [0.05, 0.1) is 17.9 Å². The van der Waals surface area contributed by atoms with Crippen LogP contribution < -0.4 is 5.73 Å². The van der Waals surface area contributed by atoms with Crippen LogP contribution in [0.25, 0.3) is 0 Å². The van der Waals surface area contributed by atoms with E-state index >= 15 is 0 Å². The summed E-state index contributed by atoms with van der Waals surface area (Å²) in [5, 5.41) is 0. The van der Waals surface area contributed by atoms with Crippen LogP contribution in [0.2, 0.25) is 0 Å². The van der Waals surface area contributed by atoms with E-state index in [0.29, 0.717) is 17.9 Å². The summed E-state index contributed by atoms with van der Waals surface area (Å²) in [6.45, 7) is 2.39.